The molecule has 2 nitrogen and oxygen atoms in total. The second-order valence-electron chi connectivity index (χ2n) is 4.80. The monoisotopic (exact) mass is 225 g/mol. The van der Waals surface area contributed by atoms with Crippen LogP contribution in [0, 0.1) is 5.92 Å². The Morgan fingerprint density at radius 3 is 2.76 bits per heavy atom. The van der Waals surface area contributed by atoms with Crippen molar-refractivity contribution in [1.82, 2.24) is 4.98 Å². The van der Waals surface area contributed by atoms with Gasteiger partial charge in [0.1, 0.15) is 5.76 Å². The predicted molar refractivity (Wildman–Crippen MR) is 69.9 cm³/mol. The Hall–Kier alpha value is -1.83. The molecule has 0 bridgehead atoms. The molecule has 0 aliphatic heterocycles. The number of hydrogen-bond acceptors (Lipinski definition) is 2. The summed E-state index contributed by atoms with van der Waals surface area (Å²) >= 11 is 0. The summed E-state index contributed by atoms with van der Waals surface area (Å²) in [5.41, 5.74) is 3.11. The number of pyridine rings is 1. The number of rotatable bonds is 0. The lowest BCUT2D eigenvalue weighted by Gasteiger charge is -2.26. The van der Waals surface area contributed by atoms with Crippen molar-refractivity contribution < 1.29 is 5.11 Å². The molecule has 2 heteroatoms. The first-order chi connectivity index (χ1) is 8.18. The molecular formula is C15H15NO. The van der Waals surface area contributed by atoms with Gasteiger partial charge >= 0.3 is 0 Å². The van der Waals surface area contributed by atoms with E-state index >= 15 is 0 Å². The van der Waals surface area contributed by atoms with Crippen LogP contribution in [0.5, 0.6) is 0 Å². The molecule has 1 aliphatic carbocycles. The molecule has 0 spiro atoms. The van der Waals surface area contributed by atoms with Gasteiger partial charge in [-0.3, -0.25) is 4.98 Å². The van der Waals surface area contributed by atoms with Gasteiger partial charge in [-0.25, -0.2) is 0 Å². The number of benzene rings is 1. The van der Waals surface area contributed by atoms with Crippen molar-refractivity contribution in [2.75, 3.05) is 0 Å². The van der Waals surface area contributed by atoms with Crippen LogP contribution in [0.4, 0.5) is 0 Å². The minimum Gasteiger partial charge on any atom is -0.508 e. The number of fused-ring (bicyclic) bond motifs is 3. The van der Waals surface area contributed by atoms with Crippen molar-refractivity contribution in [2.24, 2.45) is 5.92 Å². The first kappa shape index (κ1) is 10.3. The van der Waals surface area contributed by atoms with E-state index < -0.39 is 0 Å². The zero-order valence-corrected chi connectivity index (χ0v) is 10.0. The standard InChI is InChI=1S/C15H15NO/c1-9-7-14(17)12-8-16-13-6-4-3-5-11(13)15(12)10(9)2/h3-10,17H,1-2H3. The van der Waals surface area contributed by atoms with Gasteiger partial charge < -0.3 is 5.11 Å². The average molecular weight is 225 g/mol. The number of para-hydroxylation sites is 1. The van der Waals surface area contributed by atoms with Gasteiger partial charge in [-0.15, -0.1) is 0 Å². The second kappa shape index (κ2) is 3.59. The number of aliphatic hydroxyl groups excluding tert-OH is 1. The van der Waals surface area contributed by atoms with Gasteiger partial charge in [-0.1, -0.05) is 32.0 Å². The van der Waals surface area contributed by atoms with Crippen molar-refractivity contribution in [2.45, 2.75) is 19.8 Å². The van der Waals surface area contributed by atoms with Crippen LogP contribution in [-0.4, -0.2) is 10.1 Å². The zero-order valence-electron chi connectivity index (χ0n) is 10.0. The highest BCUT2D eigenvalue weighted by molar-refractivity contribution is 5.87. The second-order valence-corrected chi connectivity index (χ2v) is 4.80. The summed E-state index contributed by atoms with van der Waals surface area (Å²) in [7, 11) is 0. The topological polar surface area (TPSA) is 33.1 Å². The third-order valence-corrected chi connectivity index (χ3v) is 3.76. The van der Waals surface area contributed by atoms with Crippen LogP contribution < -0.4 is 0 Å². The molecule has 0 fully saturated rings. The molecule has 0 saturated carbocycles. The van der Waals surface area contributed by atoms with Crippen LogP contribution in [0.15, 0.2) is 36.5 Å². The fraction of sp³-hybridized carbons (Fsp3) is 0.267. The van der Waals surface area contributed by atoms with E-state index in [-0.39, 0.29) is 0 Å². The van der Waals surface area contributed by atoms with Gasteiger partial charge in [0.15, 0.2) is 0 Å². The molecule has 1 aromatic carbocycles. The number of allylic oxidation sites excluding steroid dienone is 1. The summed E-state index contributed by atoms with van der Waals surface area (Å²) in [5, 5.41) is 11.2. The summed E-state index contributed by atoms with van der Waals surface area (Å²) in [6, 6.07) is 8.12. The van der Waals surface area contributed by atoms with E-state index in [1.54, 1.807) is 6.20 Å². The third kappa shape index (κ3) is 1.44. The van der Waals surface area contributed by atoms with Crippen molar-refractivity contribution in [3.8, 4) is 0 Å². The summed E-state index contributed by atoms with van der Waals surface area (Å²) in [6.07, 6.45) is 3.70. The highest BCUT2D eigenvalue weighted by Crippen LogP contribution is 2.39. The Morgan fingerprint density at radius 2 is 1.94 bits per heavy atom. The molecule has 2 aromatic rings. The zero-order chi connectivity index (χ0) is 12.0. The molecular weight excluding hydrogens is 210 g/mol. The van der Waals surface area contributed by atoms with E-state index in [1.165, 1.54) is 5.56 Å². The van der Waals surface area contributed by atoms with Gasteiger partial charge in [0.2, 0.25) is 0 Å². The lowest BCUT2D eigenvalue weighted by Crippen LogP contribution is -2.13. The minimum atomic E-state index is 0.355. The summed E-state index contributed by atoms with van der Waals surface area (Å²) in [6.45, 7) is 4.35. The van der Waals surface area contributed by atoms with E-state index in [1.807, 2.05) is 24.3 Å². The van der Waals surface area contributed by atoms with Crippen LogP contribution in [-0.2, 0) is 0 Å². The normalized spacial score (nSPS) is 23.3. The molecule has 0 radical (unpaired) electrons. The van der Waals surface area contributed by atoms with Gasteiger partial charge in [-0.05, 0) is 29.5 Å². The highest BCUT2D eigenvalue weighted by Gasteiger charge is 2.25. The lowest BCUT2D eigenvalue weighted by molar-refractivity contribution is 0.480. The molecule has 86 valence electrons. The van der Waals surface area contributed by atoms with Gasteiger partial charge in [0, 0.05) is 17.1 Å². The van der Waals surface area contributed by atoms with E-state index in [0.717, 1.165) is 16.5 Å². The van der Waals surface area contributed by atoms with Crippen LogP contribution in [0.25, 0.3) is 16.7 Å². The quantitative estimate of drug-likeness (QED) is 0.738. The minimum absolute atomic E-state index is 0.355. The van der Waals surface area contributed by atoms with E-state index in [4.69, 9.17) is 0 Å². The Bertz CT molecular complexity index is 615. The Labute approximate surface area is 101 Å². The maximum Gasteiger partial charge on any atom is 0.120 e. The van der Waals surface area contributed by atoms with Crippen molar-refractivity contribution in [3.05, 3.63) is 47.7 Å². The molecule has 1 N–H and O–H groups in total. The molecule has 2 atom stereocenters. The predicted octanol–water partition coefficient (Wildman–Crippen LogP) is 3.89. The average Bonchev–Trinajstić information content (AvgIpc) is 2.35. The van der Waals surface area contributed by atoms with Crippen molar-refractivity contribution in [1.29, 1.82) is 0 Å². The van der Waals surface area contributed by atoms with Crippen LogP contribution >= 0.6 is 0 Å². The molecule has 0 saturated heterocycles. The van der Waals surface area contributed by atoms with Crippen LogP contribution in [0.2, 0.25) is 0 Å². The highest BCUT2D eigenvalue weighted by atomic mass is 16.3. The van der Waals surface area contributed by atoms with Crippen molar-refractivity contribution in [3.63, 3.8) is 0 Å². The number of hydrogen-bond donors (Lipinski definition) is 1. The van der Waals surface area contributed by atoms with E-state index in [0.29, 0.717) is 17.6 Å². The molecule has 3 rings (SSSR count). The molecule has 17 heavy (non-hydrogen) atoms. The summed E-state index contributed by atoms with van der Waals surface area (Å²) < 4.78 is 0. The van der Waals surface area contributed by atoms with Crippen LogP contribution in [0.1, 0.15) is 30.9 Å². The fourth-order valence-corrected chi connectivity index (χ4v) is 2.60. The van der Waals surface area contributed by atoms with Crippen molar-refractivity contribution >= 4 is 16.7 Å². The maximum atomic E-state index is 10.0. The van der Waals surface area contributed by atoms with Gasteiger partial charge in [0.25, 0.3) is 0 Å². The first-order valence-electron chi connectivity index (χ1n) is 5.97. The van der Waals surface area contributed by atoms with E-state index in [2.05, 4.69) is 24.9 Å². The molecule has 1 aliphatic rings. The summed E-state index contributed by atoms with van der Waals surface area (Å²) in [5.74, 6) is 1.13. The number of nitrogens with zero attached hydrogens (tertiary/aromatic N) is 1. The number of aromatic nitrogens is 1. The largest absolute Gasteiger partial charge is 0.508 e. The van der Waals surface area contributed by atoms with Gasteiger partial charge in [0.05, 0.1) is 5.52 Å². The molecule has 1 aromatic heterocycles. The Kier molecular flexibility index (Phi) is 2.18. The molecule has 1 heterocycles. The first-order valence-corrected chi connectivity index (χ1v) is 5.97. The smallest absolute Gasteiger partial charge is 0.120 e. The Morgan fingerprint density at radius 1 is 1.18 bits per heavy atom. The van der Waals surface area contributed by atoms with E-state index in [9.17, 15) is 5.11 Å². The fourth-order valence-electron chi connectivity index (χ4n) is 2.60. The van der Waals surface area contributed by atoms with Gasteiger partial charge in [-0.2, -0.15) is 0 Å². The maximum absolute atomic E-state index is 10.0. The lowest BCUT2D eigenvalue weighted by atomic mass is 9.79. The number of aliphatic hydroxyl groups is 1. The molecule has 2 unspecified atom stereocenters. The SMILES string of the molecule is CC1C=C(O)c2cnc3ccccc3c2C1C. The Balaban J connectivity index is 2.39. The third-order valence-electron chi connectivity index (χ3n) is 3.76. The molecule has 0 amide bonds. The van der Waals surface area contributed by atoms with Crippen LogP contribution in [0.3, 0.4) is 0 Å². The summed E-state index contributed by atoms with van der Waals surface area (Å²) in [4.78, 5) is 4.40.